The van der Waals surface area contributed by atoms with Gasteiger partial charge in [0.15, 0.2) is 0 Å². The molecule has 0 saturated heterocycles. The summed E-state index contributed by atoms with van der Waals surface area (Å²) in [6, 6.07) is 5.92. The Labute approximate surface area is 100 Å². The SMILES string of the molecule is CCNS(=O)(=O)N(C)c1ccccc1C(=O)O. The molecule has 0 spiro atoms. The van der Waals surface area contributed by atoms with Gasteiger partial charge in [-0.25, -0.2) is 4.79 Å². The third-order valence-corrected chi connectivity index (χ3v) is 3.73. The maximum atomic E-state index is 11.7. The van der Waals surface area contributed by atoms with Crippen LogP contribution in [0, 0.1) is 0 Å². The van der Waals surface area contributed by atoms with Gasteiger partial charge in [0.05, 0.1) is 11.3 Å². The third-order valence-electron chi connectivity index (χ3n) is 2.16. The molecule has 0 saturated carbocycles. The topological polar surface area (TPSA) is 86.7 Å². The van der Waals surface area contributed by atoms with E-state index in [4.69, 9.17) is 5.11 Å². The van der Waals surface area contributed by atoms with E-state index in [0.29, 0.717) is 0 Å². The first-order valence-corrected chi connectivity index (χ1v) is 6.40. The Kier molecular flexibility index (Phi) is 4.08. The summed E-state index contributed by atoms with van der Waals surface area (Å²) in [7, 11) is -2.39. The minimum Gasteiger partial charge on any atom is -0.478 e. The van der Waals surface area contributed by atoms with Crippen molar-refractivity contribution in [2.75, 3.05) is 17.9 Å². The van der Waals surface area contributed by atoms with Crippen molar-refractivity contribution in [3.05, 3.63) is 29.8 Å². The number of benzene rings is 1. The summed E-state index contributed by atoms with van der Waals surface area (Å²) in [4.78, 5) is 11.0. The maximum Gasteiger partial charge on any atom is 0.337 e. The Bertz CT molecular complexity index is 513. The number of carboxylic acid groups (broad SMARTS) is 1. The van der Waals surface area contributed by atoms with Gasteiger partial charge in [-0.1, -0.05) is 19.1 Å². The first-order valence-electron chi connectivity index (χ1n) is 4.96. The number of carboxylic acids is 1. The molecule has 7 heteroatoms. The molecule has 0 unspecified atom stereocenters. The Hall–Kier alpha value is -1.60. The molecule has 0 atom stereocenters. The molecule has 6 nitrogen and oxygen atoms in total. The number of hydrogen-bond donors (Lipinski definition) is 2. The van der Waals surface area contributed by atoms with Crippen LogP contribution >= 0.6 is 0 Å². The van der Waals surface area contributed by atoms with Crippen LogP contribution in [0.4, 0.5) is 5.69 Å². The fourth-order valence-electron chi connectivity index (χ4n) is 1.34. The van der Waals surface area contributed by atoms with E-state index in [0.717, 1.165) is 4.31 Å². The van der Waals surface area contributed by atoms with Gasteiger partial charge in [0, 0.05) is 13.6 Å². The van der Waals surface area contributed by atoms with E-state index >= 15 is 0 Å². The van der Waals surface area contributed by atoms with Crippen molar-refractivity contribution >= 4 is 21.9 Å². The Morgan fingerprint density at radius 2 is 2.00 bits per heavy atom. The zero-order valence-electron chi connectivity index (χ0n) is 9.54. The summed E-state index contributed by atoms with van der Waals surface area (Å²) in [6.07, 6.45) is 0. The van der Waals surface area contributed by atoms with Gasteiger partial charge in [0.2, 0.25) is 0 Å². The molecule has 0 heterocycles. The van der Waals surface area contributed by atoms with Crippen LogP contribution in [0.5, 0.6) is 0 Å². The maximum absolute atomic E-state index is 11.7. The first kappa shape index (κ1) is 13.5. The highest BCUT2D eigenvalue weighted by atomic mass is 32.2. The lowest BCUT2D eigenvalue weighted by Gasteiger charge is -2.20. The molecular formula is C10H14N2O4S. The number of aromatic carboxylic acids is 1. The summed E-state index contributed by atoms with van der Waals surface area (Å²) < 4.78 is 26.7. The van der Waals surface area contributed by atoms with Crippen LogP contribution < -0.4 is 9.03 Å². The second-order valence-corrected chi connectivity index (χ2v) is 5.08. The van der Waals surface area contributed by atoms with Crippen LogP contribution in [0.1, 0.15) is 17.3 Å². The van der Waals surface area contributed by atoms with Crippen LogP contribution in [0.15, 0.2) is 24.3 Å². The summed E-state index contributed by atoms with van der Waals surface area (Å²) in [6.45, 7) is 1.89. The van der Waals surface area contributed by atoms with Crippen molar-refractivity contribution in [1.82, 2.24) is 4.72 Å². The summed E-state index contributed by atoms with van der Waals surface area (Å²) in [5.41, 5.74) is 0.0671. The van der Waals surface area contributed by atoms with Crippen molar-refractivity contribution in [3.8, 4) is 0 Å². The minimum atomic E-state index is -3.70. The molecule has 94 valence electrons. The van der Waals surface area contributed by atoms with E-state index in [2.05, 4.69) is 4.72 Å². The number of carbonyl (C=O) groups is 1. The lowest BCUT2D eigenvalue weighted by molar-refractivity contribution is 0.0698. The van der Waals surface area contributed by atoms with Crippen molar-refractivity contribution < 1.29 is 18.3 Å². The van der Waals surface area contributed by atoms with Crippen molar-refractivity contribution in [2.45, 2.75) is 6.92 Å². The van der Waals surface area contributed by atoms with Crippen LogP contribution in [-0.4, -0.2) is 33.1 Å². The molecule has 0 aliphatic heterocycles. The fraction of sp³-hybridized carbons (Fsp3) is 0.300. The van der Waals surface area contributed by atoms with Gasteiger partial charge in [-0.15, -0.1) is 0 Å². The lowest BCUT2D eigenvalue weighted by atomic mass is 10.2. The summed E-state index contributed by atoms with van der Waals surface area (Å²) in [5, 5.41) is 8.97. The second-order valence-electron chi connectivity index (χ2n) is 3.29. The molecule has 0 fully saturated rings. The predicted molar refractivity (Wildman–Crippen MR) is 64.4 cm³/mol. The average Bonchev–Trinajstić information content (AvgIpc) is 2.28. The lowest BCUT2D eigenvalue weighted by Crippen LogP contribution is -2.38. The normalized spacial score (nSPS) is 11.2. The van der Waals surface area contributed by atoms with Gasteiger partial charge < -0.3 is 5.11 Å². The van der Waals surface area contributed by atoms with E-state index < -0.39 is 16.2 Å². The Morgan fingerprint density at radius 3 is 2.53 bits per heavy atom. The van der Waals surface area contributed by atoms with E-state index in [1.165, 1.54) is 19.2 Å². The van der Waals surface area contributed by atoms with Crippen LogP contribution in [0.2, 0.25) is 0 Å². The van der Waals surface area contributed by atoms with Gasteiger partial charge >= 0.3 is 16.2 Å². The van der Waals surface area contributed by atoms with Crippen molar-refractivity contribution in [3.63, 3.8) is 0 Å². The zero-order valence-corrected chi connectivity index (χ0v) is 10.4. The van der Waals surface area contributed by atoms with Crippen molar-refractivity contribution in [2.24, 2.45) is 0 Å². The largest absolute Gasteiger partial charge is 0.478 e. The molecule has 1 aromatic carbocycles. The standard InChI is InChI=1S/C10H14N2O4S/c1-3-11-17(15,16)12(2)9-7-5-4-6-8(9)10(13)14/h4-7,11H,3H2,1-2H3,(H,13,14). The van der Waals surface area contributed by atoms with Crippen LogP contribution in [-0.2, 0) is 10.2 Å². The molecule has 0 bridgehead atoms. The van der Waals surface area contributed by atoms with Gasteiger partial charge in [0.1, 0.15) is 0 Å². The number of para-hydroxylation sites is 1. The van der Waals surface area contributed by atoms with Crippen LogP contribution in [0.25, 0.3) is 0 Å². The number of anilines is 1. The molecule has 1 aromatic rings. The second kappa shape index (κ2) is 5.15. The highest BCUT2D eigenvalue weighted by Crippen LogP contribution is 2.20. The molecule has 0 aliphatic carbocycles. The highest BCUT2D eigenvalue weighted by molar-refractivity contribution is 7.90. The molecular weight excluding hydrogens is 244 g/mol. The zero-order chi connectivity index (χ0) is 13.1. The number of nitrogens with one attached hydrogen (secondary N) is 1. The summed E-state index contributed by atoms with van der Waals surface area (Å²) >= 11 is 0. The van der Waals surface area contributed by atoms with Gasteiger partial charge in [-0.2, -0.15) is 13.1 Å². The van der Waals surface area contributed by atoms with Gasteiger partial charge in [0.25, 0.3) is 0 Å². The first-order chi connectivity index (χ1) is 7.90. The molecule has 0 aliphatic rings. The monoisotopic (exact) mass is 258 g/mol. The fourth-order valence-corrected chi connectivity index (χ4v) is 2.31. The van der Waals surface area contributed by atoms with E-state index in [1.807, 2.05) is 0 Å². The van der Waals surface area contributed by atoms with Crippen LogP contribution in [0.3, 0.4) is 0 Å². The molecule has 0 aromatic heterocycles. The Morgan fingerprint density at radius 1 is 1.41 bits per heavy atom. The molecule has 2 N–H and O–H groups in total. The van der Waals surface area contributed by atoms with E-state index in [-0.39, 0.29) is 17.8 Å². The van der Waals surface area contributed by atoms with Crippen molar-refractivity contribution in [1.29, 1.82) is 0 Å². The number of hydrogen-bond acceptors (Lipinski definition) is 3. The van der Waals surface area contributed by atoms with Gasteiger partial charge in [-0.05, 0) is 12.1 Å². The van der Waals surface area contributed by atoms with Gasteiger partial charge in [-0.3, -0.25) is 4.31 Å². The molecule has 0 amide bonds. The average molecular weight is 258 g/mol. The summed E-state index contributed by atoms with van der Waals surface area (Å²) in [5.74, 6) is -1.17. The molecule has 0 radical (unpaired) electrons. The van der Waals surface area contributed by atoms with E-state index in [1.54, 1.807) is 19.1 Å². The minimum absolute atomic E-state index is 0.0588. The smallest absolute Gasteiger partial charge is 0.337 e. The molecule has 1 rings (SSSR count). The Balaban J connectivity index is 3.21. The number of rotatable bonds is 5. The van der Waals surface area contributed by atoms with E-state index in [9.17, 15) is 13.2 Å². The quantitative estimate of drug-likeness (QED) is 0.813. The number of nitrogens with zero attached hydrogens (tertiary/aromatic N) is 1. The predicted octanol–water partition coefficient (Wildman–Crippen LogP) is 0.675. The highest BCUT2D eigenvalue weighted by Gasteiger charge is 2.21. The molecule has 17 heavy (non-hydrogen) atoms. The third kappa shape index (κ3) is 2.95.